The quantitative estimate of drug-likeness (QED) is 0.481. The van der Waals surface area contributed by atoms with Crippen molar-refractivity contribution < 1.29 is 8.42 Å². The van der Waals surface area contributed by atoms with Crippen molar-refractivity contribution in [3.05, 3.63) is 72.3 Å². The second kappa shape index (κ2) is 7.06. The highest BCUT2D eigenvalue weighted by atomic mass is 35.5. The number of hydrogen-bond acceptors (Lipinski definition) is 5. The van der Waals surface area contributed by atoms with Gasteiger partial charge in [-0.2, -0.15) is 5.10 Å². The van der Waals surface area contributed by atoms with Crippen LogP contribution in [0.25, 0.3) is 28.2 Å². The van der Waals surface area contributed by atoms with Gasteiger partial charge in [0.25, 0.3) is 10.0 Å². The molecule has 0 aliphatic heterocycles. The molecule has 0 aliphatic carbocycles. The number of aromatic nitrogens is 4. The number of H-pyrrole nitrogens is 1. The number of benzene rings is 1. The maximum Gasteiger partial charge on any atom is 0.261 e. The fourth-order valence-corrected chi connectivity index (χ4v) is 4.00. The summed E-state index contributed by atoms with van der Waals surface area (Å²) in [6.45, 7) is 3.74. The van der Waals surface area contributed by atoms with Gasteiger partial charge in [-0.15, -0.1) is 0 Å². The lowest BCUT2D eigenvalue weighted by Crippen LogP contribution is -2.13. The minimum Gasteiger partial charge on any atom is -0.276 e. The summed E-state index contributed by atoms with van der Waals surface area (Å²) in [6, 6.07) is 11.5. The second-order valence-electron chi connectivity index (χ2n) is 5.92. The highest BCUT2D eigenvalue weighted by Crippen LogP contribution is 2.30. The predicted octanol–water partition coefficient (Wildman–Crippen LogP) is 4.12. The summed E-state index contributed by atoms with van der Waals surface area (Å²) in [4.78, 5) is 8.55. The van der Waals surface area contributed by atoms with E-state index in [0.717, 1.165) is 16.6 Å². The van der Waals surface area contributed by atoms with Crippen LogP contribution in [-0.2, 0) is 10.0 Å². The molecule has 3 aromatic heterocycles. The van der Waals surface area contributed by atoms with Crippen molar-refractivity contribution in [1.82, 2.24) is 20.2 Å². The lowest BCUT2D eigenvalue weighted by molar-refractivity contribution is 0.601. The lowest BCUT2D eigenvalue weighted by Gasteiger charge is -2.11. The Kier molecular flexibility index (Phi) is 4.58. The minimum absolute atomic E-state index is 0.0485. The Morgan fingerprint density at radius 2 is 1.79 bits per heavy atom. The molecule has 0 spiro atoms. The molecule has 28 heavy (non-hydrogen) atoms. The number of fused-ring (bicyclic) bond motifs is 1. The Morgan fingerprint density at radius 3 is 2.54 bits per heavy atom. The number of halogens is 1. The highest BCUT2D eigenvalue weighted by molar-refractivity contribution is 7.92. The summed E-state index contributed by atoms with van der Waals surface area (Å²) in [5.74, 6) is 0. The summed E-state index contributed by atoms with van der Waals surface area (Å²) in [5, 5.41) is 7.80. The standard InChI is InChI=1S/C19H14ClN5O2S/c1-2-16-15-8-12(11-22-19(15)24-23-16)13-9-17(18(20)21-10-13)25-28(26,27)14-6-4-3-5-7-14/h2-11,25H,1H2,(H,22,23,24). The Hall–Kier alpha value is -3.23. The van der Waals surface area contributed by atoms with Gasteiger partial charge >= 0.3 is 0 Å². The number of anilines is 1. The van der Waals surface area contributed by atoms with Crippen LogP contribution in [-0.4, -0.2) is 28.6 Å². The van der Waals surface area contributed by atoms with Crippen LogP contribution in [0.4, 0.5) is 5.69 Å². The van der Waals surface area contributed by atoms with E-state index in [0.29, 0.717) is 11.2 Å². The van der Waals surface area contributed by atoms with E-state index >= 15 is 0 Å². The van der Waals surface area contributed by atoms with Gasteiger partial charge in [0, 0.05) is 28.9 Å². The Labute approximate surface area is 166 Å². The molecule has 7 nitrogen and oxygen atoms in total. The smallest absolute Gasteiger partial charge is 0.261 e. The molecule has 0 saturated carbocycles. The molecule has 4 aromatic rings. The molecule has 3 heterocycles. The van der Waals surface area contributed by atoms with Gasteiger partial charge < -0.3 is 0 Å². The molecular weight excluding hydrogens is 398 g/mol. The van der Waals surface area contributed by atoms with Gasteiger partial charge in [0.15, 0.2) is 10.8 Å². The zero-order valence-electron chi connectivity index (χ0n) is 14.4. The van der Waals surface area contributed by atoms with E-state index in [1.165, 1.54) is 12.1 Å². The fraction of sp³-hybridized carbons (Fsp3) is 0. The van der Waals surface area contributed by atoms with E-state index in [9.17, 15) is 8.42 Å². The van der Waals surface area contributed by atoms with Gasteiger partial charge in [-0.1, -0.05) is 36.4 Å². The van der Waals surface area contributed by atoms with E-state index in [1.54, 1.807) is 42.7 Å². The largest absolute Gasteiger partial charge is 0.276 e. The Balaban J connectivity index is 1.74. The van der Waals surface area contributed by atoms with Crippen LogP contribution < -0.4 is 4.72 Å². The first-order chi connectivity index (χ1) is 13.5. The third-order valence-electron chi connectivity index (χ3n) is 4.11. The van der Waals surface area contributed by atoms with Crippen molar-refractivity contribution in [2.75, 3.05) is 4.72 Å². The summed E-state index contributed by atoms with van der Waals surface area (Å²) >= 11 is 6.12. The monoisotopic (exact) mass is 411 g/mol. The van der Waals surface area contributed by atoms with Crippen LogP contribution >= 0.6 is 11.6 Å². The molecule has 0 amide bonds. The van der Waals surface area contributed by atoms with Crippen LogP contribution in [0.5, 0.6) is 0 Å². The van der Waals surface area contributed by atoms with E-state index < -0.39 is 10.0 Å². The van der Waals surface area contributed by atoms with Gasteiger partial charge in [0.2, 0.25) is 0 Å². The maximum atomic E-state index is 12.6. The number of nitrogens with one attached hydrogen (secondary N) is 2. The van der Waals surface area contributed by atoms with Crippen LogP contribution in [0.15, 0.2) is 66.3 Å². The molecule has 0 bridgehead atoms. The van der Waals surface area contributed by atoms with Crippen molar-refractivity contribution in [2.45, 2.75) is 4.90 Å². The zero-order valence-corrected chi connectivity index (χ0v) is 16.0. The summed E-state index contributed by atoms with van der Waals surface area (Å²) in [6.07, 6.45) is 4.84. The molecular formula is C19H14ClN5O2S. The molecule has 140 valence electrons. The number of rotatable bonds is 5. The first-order valence-corrected chi connectivity index (χ1v) is 10.0. The molecule has 9 heteroatoms. The summed E-state index contributed by atoms with van der Waals surface area (Å²) in [5.41, 5.74) is 2.88. The Morgan fingerprint density at radius 1 is 1.07 bits per heavy atom. The third kappa shape index (κ3) is 3.35. The van der Waals surface area contributed by atoms with Crippen molar-refractivity contribution in [3.8, 4) is 11.1 Å². The minimum atomic E-state index is -3.79. The summed E-state index contributed by atoms with van der Waals surface area (Å²) < 4.78 is 27.7. The van der Waals surface area contributed by atoms with E-state index in [4.69, 9.17) is 11.6 Å². The van der Waals surface area contributed by atoms with Crippen LogP contribution in [0.3, 0.4) is 0 Å². The van der Waals surface area contributed by atoms with E-state index in [2.05, 4.69) is 31.5 Å². The van der Waals surface area contributed by atoms with E-state index in [1.807, 2.05) is 6.07 Å². The van der Waals surface area contributed by atoms with Gasteiger partial charge in [-0.05, 0) is 30.3 Å². The molecule has 0 aliphatic rings. The van der Waals surface area contributed by atoms with Gasteiger partial charge in [0.1, 0.15) is 0 Å². The van der Waals surface area contributed by atoms with Gasteiger partial charge in [-0.25, -0.2) is 18.4 Å². The molecule has 0 fully saturated rings. The molecule has 0 radical (unpaired) electrons. The second-order valence-corrected chi connectivity index (χ2v) is 7.96. The fourth-order valence-electron chi connectivity index (χ4n) is 2.71. The van der Waals surface area contributed by atoms with Crippen LogP contribution in [0, 0.1) is 0 Å². The average Bonchev–Trinajstić information content (AvgIpc) is 3.12. The number of sulfonamides is 1. The third-order valence-corrected chi connectivity index (χ3v) is 5.80. The topological polar surface area (TPSA) is 101 Å². The molecule has 4 rings (SSSR count). The molecule has 0 saturated heterocycles. The molecule has 2 N–H and O–H groups in total. The number of aromatic amines is 1. The van der Waals surface area contributed by atoms with E-state index in [-0.39, 0.29) is 15.7 Å². The predicted molar refractivity (Wildman–Crippen MR) is 109 cm³/mol. The van der Waals surface area contributed by atoms with Crippen molar-refractivity contribution in [1.29, 1.82) is 0 Å². The van der Waals surface area contributed by atoms with Gasteiger partial charge in [0.05, 0.1) is 16.3 Å². The molecule has 0 atom stereocenters. The number of nitrogens with zero attached hydrogens (tertiary/aromatic N) is 3. The lowest BCUT2D eigenvalue weighted by atomic mass is 10.1. The average molecular weight is 412 g/mol. The number of hydrogen-bond donors (Lipinski definition) is 2. The first kappa shape index (κ1) is 18.1. The van der Waals surface area contributed by atoms with Crippen molar-refractivity contribution in [3.63, 3.8) is 0 Å². The van der Waals surface area contributed by atoms with Crippen LogP contribution in [0.1, 0.15) is 5.69 Å². The number of pyridine rings is 2. The van der Waals surface area contributed by atoms with Crippen molar-refractivity contribution in [2.24, 2.45) is 0 Å². The zero-order chi connectivity index (χ0) is 19.7. The van der Waals surface area contributed by atoms with Gasteiger partial charge in [-0.3, -0.25) is 9.82 Å². The van der Waals surface area contributed by atoms with Crippen LogP contribution in [0.2, 0.25) is 5.15 Å². The Bertz CT molecular complexity index is 1290. The summed E-state index contributed by atoms with van der Waals surface area (Å²) in [7, 11) is -3.79. The highest BCUT2D eigenvalue weighted by Gasteiger charge is 2.17. The molecule has 1 aromatic carbocycles. The molecule has 0 unspecified atom stereocenters. The normalized spacial score (nSPS) is 11.5. The maximum absolute atomic E-state index is 12.6. The SMILES string of the molecule is C=Cc1[nH]nc2ncc(-c3cnc(Cl)c(NS(=O)(=O)c4ccccc4)c3)cc12. The first-order valence-electron chi connectivity index (χ1n) is 8.18. The van der Waals surface area contributed by atoms with Crippen molar-refractivity contribution >= 4 is 44.4 Å².